The van der Waals surface area contributed by atoms with Crippen LogP contribution in [0, 0.1) is 6.92 Å². The Hall–Kier alpha value is -1.86. The van der Waals surface area contributed by atoms with Crippen LogP contribution in [0.1, 0.15) is 45.6 Å². The van der Waals surface area contributed by atoms with Crippen molar-refractivity contribution in [3.05, 3.63) is 44.2 Å². The summed E-state index contributed by atoms with van der Waals surface area (Å²) in [4.78, 5) is 25.1. The molecule has 0 bridgehead atoms. The number of nitrogens with two attached hydrogens (primary N) is 1. The van der Waals surface area contributed by atoms with E-state index in [0.29, 0.717) is 30.0 Å². The number of benzene rings is 1. The van der Waals surface area contributed by atoms with Gasteiger partial charge in [0.15, 0.2) is 0 Å². The topological polar surface area (TPSA) is 81.4 Å². The average Bonchev–Trinajstić information content (AvgIpc) is 3.13. The number of fused-ring (bicyclic) bond motifs is 1. The van der Waals surface area contributed by atoms with Crippen molar-refractivity contribution in [3.8, 4) is 5.75 Å². The molecule has 0 fully saturated rings. The third-order valence-electron chi connectivity index (χ3n) is 4.31. The number of aryl methyl sites for hydroxylation is 2. The zero-order chi connectivity index (χ0) is 18.7. The molecule has 2 amide bonds. The molecule has 0 aliphatic heterocycles. The predicted octanol–water partition coefficient (Wildman–Crippen LogP) is 4.20. The van der Waals surface area contributed by atoms with E-state index in [9.17, 15) is 9.59 Å². The number of carbonyl (C=O) groups is 2. The molecular formula is C19H21BrN2O3S. The van der Waals surface area contributed by atoms with E-state index < -0.39 is 5.91 Å². The van der Waals surface area contributed by atoms with Gasteiger partial charge in [0.1, 0.15) is 10.8 Å². The van der Waals surface area contributed by atoms with Crippen molar-refractivity contribution >= 4 is 44.1 Å². The number of hydrogen-bond acceptors (Lipinski definition) is 4. The van der Waals surface area contributed by atoms with Crippen molar-refractivity contribution in [2.45, 2.75) is 39.0 Å². The fraction of sp³-hybridized carbons (Fsp3) is 0.368. The van der Waals surface area contributed by atoms with Gasteiger partial charge in [-0.15, -0.1) is 11.3 Å². The van der Waals surface area contributed by atoms with Gasteiger partial charge in [0.25, 0.3) is 5.91 Å². The van der Waals surface area contributed by atoms with Gasteiger partial charge >= 0.3 is 0 Å². The van der Waals surface area contributed by atoms with Crippen LogP contribution in [0.15, 0.2) is 22.7 Å². The molecule has 1 aromatic heterocycles. The van der Waals surface area contributed by atoms with E-state index in [1.54, 1.807) is 0 Å². The second-order valence-corrected chi connectivity index (χ2v) is 8.32. The lowest BCUT2D eigenvalue weighted by Crippen LogP contribution is -2.18. The summed E-state index contributed by atoms with van der Waals surface area (Å²) < 4.78 is 6.61. The third-order valence-corrected chi connectivity index (χ3v) is 6.14. The van der Waals surface area contributed by atoms with Crippen LogP contribution in [0.5, 0.6) is 5.75 Å². The Bertz CT molecular complexity index is 848. The number of primary amides is 1. The Morgan fingerprint density at radius 3 is 2.88 bits per heavy atom. The number of nitrogens with one attached hydrogen (secondary N) is 1. The SMILES string of the molecule is Cc1ccc(OCCCC(=O)Nc2sc3c(c2C(N)=O)CCC3)c(Br)c1. The minimum Gasteiger partial charge on any atom is -0.492 e. The summed E-state index contributed by atoms with van der Waals surface area (Å²) in [7, 11) is 0. The van der Waals surface area contributed by atoms with Gasteiger partial charge in [-0.25, -0.2) is 0 Å². The summed E-state index contributed by atoms with van der Waals surface area (Å²) in [6.45, 7) is 2.46. The smallest absolute Gasteiger partial charge is 0.251 e. The molecule has 0 saturated heterocycles. The quantitative estimate of drug-likeness (QED) is 0.637. The van der Waals surface area contributed by atoms with E-state index in [1.807, 2.05) is 25.1 Å². The molecule has 7 heteroatoms. The molecule has 26 heavy (non-hydrogen) atoms. The fourth-order valence-electron chi connectivity index (χ4n) is 3.08. The summed E-state index contributed by atoms with van der Waals surface area (Å²) in [5.74, 6) is 0.174. The molecule has 5 nitrogen and oxygen atoms in total. The Morgan fingerprint density at radius 2 is 2.15 bits per heavy atom. The maximum atomic E-state index is 12.2. The molecule has 0 saturated carbocycles. The summed E-state index contributed by atoms with van der Waals surface area (Å²) in [5.41, 5.74) is 8.18. The first-order valence-corrected chi connectivity index (χ1v) is 10.2. The molecular weight excluding hydrogens is 416 g/mol. The molecule has 3 N–H and O–H groups in total. The molecule has 1 heterocycles. The van der Waals surface area contributed by atoms with Gasteiger partial charge < -0.3 is 15.8 Å². The first-order chi connectivity index (χ1) is 12.5. The highest BCUT2D eigenvalue weighted by atomic mass is 79.9. The Balaban J connectivity index is 1.51. The standard InChI is InChI=1S/C19H21BrN2O3S/c1-11-7-8-14(13(20)10-11)25-9-3-6-16(23)22-19-17(18(21)24)12-4-2-5-15(12)26-19/h7-8,10H,2-6,9H2,1H3,(H2,21,24)(H,22,23). The first-order valence-electron chi connectivity index (χ1n) is 8.59. The van der Waals surface area contributed by atoms with Crippen LogP contribution in [0.4, 0.5) is 5.00 Å². The number of rotatable bonds is 7. The lowest BCUT2D eigenvalue weighted by molar-refractivity contribution is -0.116. The van der Waals surface area contributed by atoms with Crippen LogP contribution in [-0.4, -0.2) is 18.4 Å². The van der Waals surface area contributed by atoms with Crippen molar-refractivity contribution in [1.29, 1.82) is 0 Å². The molecule has 138 valence electrons. The number of hydrogen-bond donors (Lipinski definition) is 2. The van der Waals surface area contributed by atoms with E-state index in [1.165, 1.54) is 16.2 Å². The molecule has 0 spiro atoms. The number of anilines is 1. The Morgan fingerprint density at radius 1 is 1.35 bits per heavy atom. The molecule has 1 aliphatic rings. The van der Waals surface area contributed by atoms with Crippen LogP contribution in [0.25, 0.3) is 0 Å². The van der Waals surface area contributed by atoms with Crippen LogP contribution in [-0.2, 0) is 17.6 Å². The molecule has 0 unspecified atom stereocenters. The molecule has 3 rings (SSSR count). The van der Waals surface area contributed by atoms with Gasteiger partial charge in [0.05, 0.1) is 16.6 Å². The lowest BCUT2D eigenvalue weighted by atomic mass is 10.1. The Kier molecular flexibility index (Phi) is 5.98. The molecule has 0 atom stereocenters. The van der Waals surface area contributed by atoms with Gasteiger partial charge in [-0.2, -0.15) is 0 Å². The highest BCUT2D eigenvalue weighted by Gasteiger charge is 2.25. The summed E-state index contributed by atoms with van der Waals surface area (Å²) in [6, 6.07) is 5.88. The van der Waals surface area contributed by atoms with E-state index in [4.69, 9.17) is 10.5 Å². The van der Waals surface area contributed by atoms with Gasteiger partial charge in [-0.05, 0) is 71.8 Å². The minimum absolute atomic E-state index is 0.126. The van der Waals surface area contributed by atoms with Crippen molar-refractivity contribution in [2.24, 2.45) is 5.73 Å². The number of ether oxygens (including phenoxy) is 1. The average molecular weight is 437 g/mol. The van der Waals surface area contributed by atoms with E-state index >= 15 is 0 Å². The van der Waals surface area contributed by atoms with Crippen molar-refractivity contribution in [1.82, 2.24) is 0 Å². The summed E-state index contributed by atoms with van der Waals surface area (Å²) in [5, 5.41) is 3.44. The number of carbonyl (C=O) groups excluding carboxylic acids is 2. The second kappa shape index (κ2) is 8.22. The van der Waals surface area contributed by atoms with E-state index in [0.717, 1.165) is 40.6 Å². The highest BCUT2D eigenvalue weighted by molar-refractivity contribution is 9.10. The molecule has 0 radical (unpaired) electrons. The third kappa shape index (κ3) is 4.27. The van der Waals surface area contributed by atoms with Crippen molar-refractivity contribution < 1.29 is 14.3 Å². The Labute approximate surface area is 165 Å². The zero-order valence-corrected chi connectivity index (χ0v) is 17.0. The van der Waals surface area contributed by atoms with Crippen LogP contribution >= 0.6 is 27.3 Å². The van der Waals surface area contributed by atoms with E-state index in [-0.39, 0.29) is 5.91 Å². The summed E-state index contributed by atoms with van der Waals surface area (Å²) >= 11 is 4.94. The second-order valence-electron chi connectivity index (χ2n) is 6.36. The normalized spacial score (nSPS) is 12.7. The monoisotopic (exact) mass is 436 g/mol. The first kappa shape index (κ1) is 18.9. The summed E-state index contributed by atoms with van der Waals surface area (Å²) in [6.07, 6.45) is 3.77. The molecule has 1 aromatic carbocycles. The maximum Gasteiger partial charge on any atom is 0.251 e. The van der Waals surface area contributed by atoms with Crippen molar-refractivity contribution in [3.63, 3.8) is 0 Å². The molecule has 2 aromatic rings. The van der Waals surface area contributed by atoms with Crippen molar-refractivity contribution in [2.75, 3.05) is 11.9 Å². The highest BCUT2D eigenvalue weighted by Crippen LogP contribution is 2.38. The van der Waals surface area contributed by atoms with Crippen LogP contribution < -0.4 is 15.8 Å². The number of thiophene rings is 1. The van der Waals surface area contributed by atoms with Gasteiger partial charge in [0.2, 0.25) is 5.91 Å². The van der Waals surface area contributed by atoms with Crippen LogP contribution in [0.2, 0.25) is 0 Å². The minimum atomic E-state index is -0.466. The number of amides is 2. The largest absolute Gasteiger partial charge is 0.492 e. The zero-order valence-electron chi connectivity index (χ0n) is 14.6. The number of halogens is 1. The predicted molar refractivity (Wildman–Crippen MR) is 107 cm³/mol. The van der Waals surface area contributed by atoms with Gasteiger partial charge in [0, 0.05) is 11.3 Å². The fourth-order valence-corrected chi connectivity index (χ4v) is 5.00. The van der Waals surface area contributed by atoms with E-state index in [2.05, 4.69) is 21.2 Å². The lowest BCUT2D eigenvalue weighted by Gasteiger charge is -2.09. The van der Waals surface area contributed by atoms with Gasteiger partial charge in [-0.1, -0.05) is 6.07 Å². The molecule has 1 aliphatic carbocycles. The maximum absolute atomic E-state index is 12.2. The van der Waals surface area contributed by atoms with Crippen LogP contribution in [0.3, 0.4) is 0 Å². The van der Waals surface area contributed by atoms with Gasteiger partial charge in [-0.3, -0.25) is 9.59 Å².